The number of nitrogens with one attached hydrogen (secondary N) is 1. The minimum atomic E-state index is -0.827. The zero-order valence-electron chi connectivity index (χ0n) is 14.6. The minimum absolute atomic E-state index is 0.0297. The Morgan fingerprint density at radius 3 is 2.63 bits per heavy atom. The molecule has 0 amide bonds. The zero-order chi connectivity index (χ0) is 19.6. The van der Waals surface area contributed by atoms with Gasteiger partial charge in [-0.3, -0.25) is 14.9 Å². The molecule has 1 N–H and O–H groups in total. The van der Waals surface area contributed by atoms with Crippen LogP contribution in [0.15, 0.2) is 42.5 Å². The smallest absolute Gasteiger partial charge is 0.338 e. The second-order valence-electron chi connectivity index (χ2n) is 5.81. The molecule has 8 nitrogen and oxygen atoms in total. The number of Topliss-reactive ketones (excluding diaryl/α,β-unsaturated/α-hetero) is 1. The summed E-state index contributed by atoms with van der Waals surface area (Å²) in [5.74, 6) is -1.16. The van der Waals surface area contributed by atoms with Crippen LogP contribution in [0, 0.1) is 17.0 Å². The number of rotatable bonds is 6. The number of fused-ring (bicyclic) bond motifs is 1. The van der Waals surface area contributed by atoms with Gasteiger partial charge in [0.2, 0.25) is 5.78 Å². The lowest BCUT2D eigenvalue weighted by Gasteiger charge is -2.06. The molecule has 1 aromatic heterocycles. The van der Waals surface area contributed by atoms with Crippen LogP contribution in [0.4, 0.5) is 5.69 Å². The van der Waals surface area contributed by atoms with Crippen LogP contribution in [-0.4, -0.2) is 35.4 Å². The third-order valence-electron chi connectivity index (χ3n) is 4.12. The number of hydrogen-bond donors (Lipinski definition) is 1. The Morgan fingerprint density at radius 1 is 1.19 bits per heavy atom. The van der Waals surface area contributed by atoms with Crippen molar-refractivity contribution in [3.8, 4) is 5.75 Å². The van der Waals surface area contributed by atoms with Crippen LogP contribution >= 0.6 is 0 Å². The van der Waals surface area contributed by atoms with Gasteiger partial charge < -0.3 is 14.5 Å². The highest BCUT2D eigenvalue weighted by Gasteiger charge is 2.21. The van der Waals surface area contributed by atoms with Gasteiger partial charge in [0.25, 0.3) is 0 Å². The molecule has 8 heteroatoms. The SMILES string of the molecule is COc1ccc(C(=O)OCC(=O)c2c(C)[nH]c3ccccc23)cc1[N+](=O)[O-]. The number of nitrogens with zero attached hydrogens (tertiary/aromatic N) is 1. The van der Waals surface area contributed by atoms with Crippen LogP contribution < -0.4 is 4.74 Å². The van der Waals surface area contributed by atoms with E-state index in [4.69, 9.17) is 9.47 Å². The molecule has 0 bridgehead atoms. The number of methoxy groups -OCH3 is 1. The molecular formula is C19H16N2O6. The van der Waals surface area contributed by atoms with E-state index in [1.807, 2.05) is 18.2 Å². The maximum Gasteiger partial charge on any atom is 0.338 e. The Hall–Kier alpha value is -3.68. The molecular weight excluding hydrogens is 352 g/mol. The zero-order valence-corrected chi connectivity index (χ0v) is 14.6. The van der Waals surface area contributed by atoms with Crippen LogP contribution in [-0.2, 0) is 4.74 Å². The summed E-state index contributed by atoms with van der Waals surface area (Å²) >= 11 is 0. The molecule has 0 saturated heterocycles. The molecule has 0 atom stereocenters. The number of nitro groups is 1. The van der Waals surface area contributed by atoms with E-state index in [9.17, 15) is 19.7 Å². The summed E-state index contributed by atoms with van der Waals surface area (Å²) in [5.41, 5.74) is 1.56. The maximum atomic E-state index is 12.5. The van der Waals surface area contributed by atoms with E-state index >= 15 is 0 Å². The lowest BCUT2D eigenvalue weighted by atomic mass is 10.1. The first-order valence-electron chi connectivity index (χ1n) is 8.02. The minimum Gasteiger partial charge on any atom is -0.490 e. The van der Waals surface area contributed by atoms with Crippen molar-refractivity contribution in [3.05, 3.63) is 69.4 Å². The van der Waals surface area contributed by atoms with Crippen LogP contribution in [0.3, 0.4) is 0 Å². The average Bonchev–Trinajstić information content (AvgIpc) is 3.00. The molecule has 3 aromatic rings. The van der Waals surface area contributed by atoms with Crippen LogP contribution in [0.2, 0.25) is 0 Å². The van der Waals surface area contributed by atoms with Crippen molar-refractivity contribution in [2.75, 3.05) is 13.7 Å². The Balaban J connectivity index is 1.77. The second kappa shape index (κ2) is 7.28. The molecule has 3 rings (SSSR count). The van der Waals surface area contributed by atoms with Gasteiger partial charge >= 0.3 is 11.7 Å². The summed E-state index contributed by atoms with van der Waals surface area (Å²) in [6.45, 7) is 1.29. The van der Waals surface area contributed by atoms with E-state index in [-0.39, 0.29) is 22.8 Å². The van der Waals surface area contributed by atoms with Gasteiger partial charge in [-0.15, -0.1) is 0 Å². The molecule has 0 saturated carbocycles. The molecule has 138 valence electrons. The largest absolute Gasteiger partial charge is 0.490 e. The molecule has 0 spiro atoms. The number of carbonyl (C=O) groups excluding carboxylic acids is 2. The molecule has 1 heterocycles. The van der Waals surface area contributed by atoms with Crippen molar-refractivity contribution in [3.63, 3.8) is 0 Å². The highest BCUT2D eigenvalue weighted by molar-refractivity contribution is 6.10. The predicted octanol–water partition coefficient (Wildman–Crippen LogP) is 3.43. The molecule has 0 radical (unpaired) electrons. The van der Waals surface area contributed by atoms with E-state index in [2.05, 4.69) is 4.98 Å². The van der Waals surface area contributed by atoms with Crippen LogP contribution in [0.5, 0.6) is 5.75 Å². The lowest BCUT2D eigenvalue weighted by molar-refractivity contribution is -0.385. The van der Waals surface area contributed by atoms with Gasteiger partial charge in [0.15, 0.2) is 12.4 Å². The molecule has 0 aliphatic carbocycles. The third-order valence-corrected chi connectivity index (χ3v) is 4.12. The number of benzene rings is 2. The topological polar surface area (TPSA) is 112 Å². The van der Waals surface area contributed by atoms with Crippen molar-refractivity contribution >= 4 is 28.3 Å². The van der Waals surface area contributed by atoms with E-state index in [0.717, 1.165) is 17.0 Å². The summed E-state index contributed by atoms with van der Waals surface area (Å²) in [6, 6.07) is 11.0. The summed E-state index contributed by atoms with van der Waals surface area (Å²) in [5, 5.41) is 11.8. The molecule has 0 aliphatic rings. The first-order valence-corrected chi connectivity index (χ1v) is 8.02. The Morgan fingerprint density at radius 2 is 1.93 bits per heavy atom. The predicted molar refractivity (Wildman–Crippen MR) is 97.3 cm³/mol. The second-order valence-corrected chi connectivity index (χ2v) is 5.81. The van der Waals surface area contributed by atoms with Gasteiger partial charge in [-0.05, 0) is 25.1 Å². The Labute approximate surface area is 153 Å². The number of para-hydroxylation sites is 1. The fourth-order valence-corrected chi connectivity index (χ4v) is 2.88. The number of ether oxygens (including phenoxy) is 2. The van der Waals surface area contributed by atoms with E-state index < -0.39 is 17.5 Å². The number of ketones is 1. The number of aryl methyl sites for hydroxylation is 1. The summed E-state index contributed by atoms with van der Waals surface area (Å²) in [6.07, 6.45) is 0. The quantitative estimate of drug-likeness (QED) is 0.309. The summed E-state index contributed by atoms with van der Waals surface area (Å²) in [4.78, 5) is 38.2. The highest BCUT2D eigenvalue weighted by Crippen LogP contribution is 2.28. The number of aromatic amines is 1. The third kappa shape index (κ3) is 3.50. The molecule has 27 heavy (non-hydrogen) atoms. The van der Waals surface area contributed by atoms with Crippen LogP contribution in [0.25, 0.3) is 10.9 Å². The van der Waals surface area contributed by atoms with Crippen molar-refractivity contribution in [1.82, 2.24) is 4.98 Å². The van der Waals surface area contributed by atoms with Crippen molar-refractivity contribution < 1.29 is 24.0 Å². The fraction of sp³-hybridized carbons (Fsp3) is 0.158. The van der Waals surface area contributed by atoms with E-state index in [0.29, 0.717) is 11.3 Å². The standard InChI is InChI=1S/C19H16N2O6/c1-11-18(13-5-3-4-6-14(13)20-11)16(22)10-27-19(23)12-7-8-17(26-2)15(9-12)21(24)25/h3-9,20H,10H2,1-2H3. The average molecular weight is 368 g/mol. The van der Waals surface area contributed by atoms with Gasteiger partial charge in [0.1, 0.15) is 0 Å². The first kappa shape index (κ1) is 18.1. The van der Waals surface area contributed by atoms with Gasteiger partial charge in [-0.1, -0.05) is 18.2 Å². The molecule has 0 unspecified atom stereocenters. The highest BCUT2D eigenvalue weighted by atomic mass is 16.6. The van der Waals surface area contributed by atoms with E-state index in [1.54, 1.807) is 13.0 Å². The first-order chi connectivity index (χ1) is 12.9. The molecule has 0 aliphatic heterocycles. The van der Waals surface area contributed by atoms with Gasteiger partial charge in [-0.2, -0.15) is 0 Å². The number of H-pyrrole nitrogens is 1. The molecule has 2 aromatic carbocycles. The molecule has 0 fully saturated rings. The normalized spacial score (nSPS) is 10.6. The van der Waals surface area contributed by atoms with E-state index in [1.165, 1.54) is 19.2 Å². The number of carbonyl (C=O) groups is 2. The van der Waals surface area contributed by atoms with Gasteiger partial charge in [0, 0.05) is 28.2 Å². The monoisotopic (exact) mass is 368 g/mol. The Kier molecular flexibility index (Phi) is 4.89. The maximum absolute atomic E-state index is 12.5. The van der Waals surface area contributed by atoms with Gasteiger partial charge in [-0.25, -0.2) is 4.79 Å². The Bertz CT molecular complexity index is 1050. The number of nitro benzene ring substituents is 1. The van der Waals surface area contributed by atoms with Gasteiger partial charge in [0.05, 0.1) is 17.6 Å². The van der Waals surface area contributed by atoms with Crippen molar-refractivity contribution in [1.29, 1.82) is 0 Å². The number of hydrogen-bond acceptors (Lipinski definition) is 6. The fourth-order valence-electron chi connectivity index (χ4n) is 2.88. The van der Waals surface area contributed by atoms with Crippen molar-refractivity contribution in [2.24, 2.45) is 0 Å². The van der Waals surface area contributed by atoms with Crippen molar-refractivity contribution in [2.45, 2.75) is 6.92 Å². The van der Waals surface area contributed by atoms with Crippen LogP contribution in [0.1, 0.15) is 26.4 Å². The summed E-state index contributed by atoms with van der Waals surface area (Å²) < 4.78 is 9.95. The lowest BCUT2D eigenvalue weighted by Crippen LogP contribution is -2.15. The number of esters is 1. The summed E-state index contributed by atoms with van der Waals surface area (Å²) in [7, 11) is 1.29. The number of aromatic nitrogens is 1.